The van der Waals surface area contributed by atoms with E-state index in [0.717, 1.165) is 54.5 Å². The molecule has 33 heavy (non-hydrogen) atoms. The molecule has 4 aromatic heterocycles. The number of aromatic nitrogens is 7. The number of aryl methyl sites for hydroxylation is 3. The quantitative estimate of drug-likeness (QED) is 0.316. The third kappa shape index (κ3) is 4.25. The van der Waals surface area contributed by atoms with Gasteiger partial charge in [-0.3, -0.25) is 19.8 Å². The van der Waals surface area contributed by atoms with E-state index < -0.39 is 0 Å². The van der Waals surface area contributed by atoms with Crippen molar-refractivity contribution in [3.63, 3.8) is 0 Å². The van der Waals surface area contributed by atoms with E-state index in [0.29, 0.717) is 33.9 Å². The molecular formula is C22H24N8OS2. The van der Waals surface area contributed by atoms with Crippen molar-refractivity contribution in [2.24, 2.45) is 0 Å². The van der Waals surface area contributed by atoms with Crippen LogP contribution in [0, 0.1) is 11.7 Å². The Morgan fingerprint density at radius 1 is 1.33 bits per heavy atom. The summed E-state index contributed by atoms with van der Waals surface area (Å²) in [6, 6.07) is 1.80. The highest BCUT2D eigenvalue weighted by Gasteiger charge is 2.21. The molecule has 11 heteroatoms. The highest BCUT2D eigenvalue weighted by Crippen LogP contribution is 2.25. The molecule has 0 aliphatic carbocycles. The van der Waals surface area contributed by atoms with Crippen LogP contribution in [0.25, 0.3) is 11.2 Å². The Balaban J connectivity index is 1.39. The Kier molecular flexibility index (Phi) is 5.90. The summed E-state index contributed by atoms with van der Waals surface area (Å²) in [6.07, 6.45) is 6.59. The van der Waals surface area contributed by atoms with E-state index in [4.69, 9.17) is 22.2 Å². The van der Waals surface area contributed by atoms with Crippen LogP contribution in [0.5, 0.6) is 0 Å². The van der Waals surface area contributed by atoms with Gasteiger partial charge in [-0.2, -0.15) is 5.10 Å². The van der Waals surface area contributed by atoms with Gasteiger partial charge in [0.05, 0.1) is 17.7 Å². The number of thiazole rings is 1. The number of hydrogen-bond donors (Lipinski definition) is 2. The number of rotatable bonds is 6. The lowest BCUT2D eigenvalue weighted by atomic mass is 10.2. The maximum absolute atomic E-state index is 13.2. The van der Waals surface area contributed by atoms with Crippen LogP contribution in [0.1, 0.15) is 52.7 Å². The first-order valence-electron chi connectivity index (χ1n) is 10.9. The number of allylic oxidation sites excluding steroid dienone is 1. The van der Waals surface area contributed by atoms with E-state index in [1.165, 1.54) is 17.8 Å². The monoisotopic (exact) mass is 480 g/mol. The Morgan fingerprint density at radius 2 is 2.21 bits per heavy atom. The largest absolute Gasteiger partial charge is 0.313 e. The lowest BCUT2D eigenvalue weighted by Gasteiger charge is -2.06. The number of amides is 1. The molecule has 1 aliphatic rings. The SMILES string of the molecule is C=CCn1c(Cc2csc(NC(=O)c3cc(C)nc4c3nc3n4CCCCC3)n2)n[nH]c1=S. The lowest BCUT2D eigenvalue weighted by Crippen LogP contribution is -2.13. The molecular weight excluding hydrogens is 456 g/mol. The first kappa shape index (κ1) is 21.7. The Morgan fingerprint density at radius 3 is 3.06 bits per heavy atom. The smallest absolute Gasteiger partial charge is 0.259 e. The van der Waals surface area contributed by atoms with Gasteiger partial charge in [0.1, 0.15) is 17.2 Å². The number of H-pyrrole nitrogens is 1. The van der Waals surface area contributed by atoms with Crippen LogP contribution in [0.3, 0.4) is 0 Å². The molecule has 5 heterocycles. The van der Waals surface area contributed by atoms with E-state index in [1.807, 2.05) is 16.9 Å². The topological polar surface area (TPSA) is 106 Å². The zero-order valence-electron chi connectivity index (χ0n) is 18.3. The molecule has 0 spiro atoms. The van der Waals surface area contributed by atoms with Crippen LogP contribution in [0.4, 0.5) is 5.13 Å². The average molecular weight is 481 g/mol. The van der Waals surface area contributed by atoms with Crippen molar-refractivity contribution in [3.8, 4) is 0 Å². The van der Waals surface area contributed by atoms with Crippen molar-refractivity contribution in [2.45, 2.75) is 52.1 Å². The van der Waals surface area contributed by atoms with Gasteiger partial charge in [-0.05, 0) is 38.0 Å². The first-order valence-corrected chi connectivity index (χ1v) is 12.2. The van der Waals surface area contributed by atoms with Gasteiger partial charge in [0.15, 0.2) is 15.5 Å². The third-order valence-electron chi connectivity index (χ3n) is 5.70. The molecule has 0 fully saturated rings. The van der Waals surface area contributed by atoms with Gasteiger partial charge in [-0.1, -0.05) is 12.5 Å². The standard InChI is InChI=1S/C22H24N8OS2/c1-3-8-30-17(27-28-22(30)32)11-14-12-33-21(24-14)26-20(31)15-10-13(2)23-19-18(15)25-16-7-5-4-6-9-29(16)19/h3,10,12H,1,4-9,11H2,2H3,(H,28,32)(H,24,26,31). The molecule has 0 bridgehead atoms. The zero-order valence-corrected chi connectivity index (χ0v) is 19.9. The average Bonchev–Trinajstić information content (AvgIpc) is 3.42. The van der Waals surface area contributed by atoms with Gasteiger partial charge in [-0.15, -0.1) is 17.9 Å². The maximum Gasteiger partial charge on any atom is 0.259 e. The van der Waals surface area contributed by atoms with E-state index in [9.17, 15) is 4.79 Å². The molecule has 0 unspecified atom stereocenters. The van der Waals surface area contributed by atoms with Gasteiger partial charge in [-0.25, -0.2) is 15.0 Å². The molecule has 0 radical (unpaired) electrons. The number of nitrogens with zero attached hydrogens (tertiary/aromatic N) is 6. The molecule has 5 rings (SSSR count). The summed E-state index contributed by atoms with van der Waals surface area (Å²) >= 11 is 6.65. The number of carbonyl (C=O) groups excluding carboxylic acids is 1. The molecule has 1 aliphatic heterocycles. The molecule has 0 saturated carbocycles. The summed E-state index contributed by atoms with van der Waals surface area (Å²) in [5.74, 6) is 1.56. The van der Waals surface area contributed by atoms with Crippen LogP contribution in [-0.2, 0) is 25.9 Å². The number of pyridine rings is 1. The van der Waals surface area contributed by atoms with Crippen LogP contribution in [0.2, 0.25) is 0 Å². The normalized spacial score (nSPS) is 13.6. The lowest BCUT2D eigenvalue weighted by molar-refractivity contribution is 0.102. The van der Waals surface area contributed by atoms with Crippen molar-refractivity contribution in [1.82, 2.24) is 34.3 Å². The summed E-state index contributed by atoms with van der Waals surface area (Å²) in [5, 5.41) is 12.5. The minimum Gasteiger partial charge on any atom is -0.313 e. The second-order valence-electron chi connectivity index (χ2n) is 8.09. The van der Waals surface area contributed by atoms with E-state index in [1.54, 1.807) is 12.1 Å². The maximum atomic E-state index is 13.2. The van der Waals surface area contributed by atoms with Crippen LogP contribution < -0.4 is 5.32 Å². The number of carbonyl (C=O) groups is 1. The van der Waals surface area contributed by atoms with Crippen molar-refractivity contribution in [3.05, 3.63) is 57.5 Å². The van der Waals surface area contributed by atoms with Gasteiger partial charge < -0.3 is 4.57 Å². The summed E-state index contributed by atoms with van der Waals surface area (Å²) in [4.78, 5) is 27.3. The second-order valence-corrected chi connectivity index (χ2v) is 9.34. The molecule has 2 N–H and O–H groups in total. The van der Waals surface area contributed by atoms with Crippen LogP contribution >= 0.6 is 23.6 Å². The number of fused-ring (bicyclic) bond motifs is 3. The minimum atomic E-state index is -0.228. The molecule has 1 amide bonds. The molecule has 170 valence electrons. The number of imidazole rings is 1. The fourth-order valence-corrected chi connectivity index (χ4v) is 5.09. The zero-order chi connectivity index (χ0) is 22.9. The number of anilines is 1. The molecule has 4 aromatic rings. The third-order valence-corrected chi connectivity index (χ3v) is 6.82. The predicted octanol–water partition coefficient (Wildman–Crippen LogP) is 4.21. The summed E-state index contributed by atoms with van der Waals surface area (Å²) in [7, 11) is 0. The van der Waals surface area contributed by atoms with Gasteiger partial charge in [0.25, 0.3) is 5.91 Å². The molecule has 0 atom stereocenters. The van der Waals surface area contributed by atoms with Gasteiger partial charge in [0, 0.05) is 30.6 Å². The molecule has 9 nitrogen and oxygen atoms in total. The van der Waals surface area contributed by atoms with Gasteiger partial charge >= 0.3 is 0 Å². The minimum absolute atomic E-state index is 0.228. The van der Waals surface area contributed by atoms with E-state index in [-0.39, 0.29) is 5.91 Å². The van der Waals surface area contributed by atoms with E-state index >= 15 is 0 Å². The number of nitrogens with one attached hydrogen (secondary N) is 2. The van der Waals surface area contributed by atoms with Gasteiger partial charge in [0.2, 0.25) is 0 Å². The van der Waals surface area contributed by atoms with Crippen LogP contribution in [0.15, 0.2) is 24.1 Å². The van der Waals surface area contributed by atoms with Crippen molar-refractivity contribution in [1.29, 1.82) is 0 Å². The molecule has 0 aromatic carbocycles. The fourth-order valence-electron chi connectivity index (χ4n) is 4.16. The molecule has 0 saturated heterocycles. The van der Waals surface area contributed by atoms with E-state index in [2.05, 4.69) is 31.6 Å². The fraction of sp³-hybridized carbons (Fsp3) is 0.364. The first-order chi connectivity index (χ1) is 16.0. The summed E-state index contributed by atoms with van der Waals surface area (Å²) in [5.41, 5.74) is 3.58. The predicted molar refractivity (Wildman–Crippen MR) is 130 cm³/mol. The highest BCUT2D eigenvalue weighted by molar-refractivity contribution is 7.71. The van der Waals surface area contributed by atoms with Crippen molar-refractivity contribution >= 4 is 45.8 Å². The number of hydrogen-bond acceptors (Lipinski definition) is 7. The summed E-state index contributed by atoms with van der Waals surface area (Å²) < 4.78 is 4.59. The Hall–Kier alpha value is -3.18. The summed E-state index contributed by atoms with van der Waals surface area (Å²) in [6.45, 7) is 7.14. The second kappa shape index (κ2) is 8.99. The Labute approximate surface area is 199 Å². The van der Waals surface area contributed by atoms with Crippen molar-refractivity contribution < 1.29 is 4.79 Å². The van der Waals surface area contributed by atoms with Crippen LogP contribution in [-0.4, -0.2) is 40.2 Å². The number of aromatic amines is 1. The van der Waals surface area contributed by atoms with Crippen molar-refractivity contribution in [2.75, 3.05) is 5.32 Å². The Bertz CT molecular complexity index is 1410. The highest BCUT2D eigenvalue weighted by atomic mass is 32.1.